The molecule has 570 valence electrons. The highest BCUT2D eigenvalue weighted by Crippen LogP contribution is 2.72. The van der Waals surface area contributed by atoms with E-state index in [9.17, 15) is 66.1 Å². The minimum absolute atomic E-state index is 0.00491. The van der Waals surface area contributed by atoms with Gasteiger partial charge in [0, 0.05) is 53.8 Å². The maximum Gasteiger partial charge on any atom is 0.331 e. The van der Waals surface area contributed by atoms with Crippen molar-refractivity contribution in [2.75, 3.05) is 41.7 Å². The Morgan fingerprint density at radius 2 is 1.05 bits per heavy atom. The lowest BCUT2D eigenvalue weighted by molar-refractivity contribution is -0.385. The minimum atomic E-state index is -1.90. The summed E-state index contributed by atoms with van der Waals surface area (Å²) in [6, 6.07) is 9.30. The molecule has 0 aromatic heterocycles. The molecule has 0 bridgehead atoms. The van der Waals surface area contributed by atoms with Crippen molar-refractivity contribution in [3.8, 4) is 0 Å². The number of aliphatic hydroxyl groups is 12. The van der Waals surface area contributed by atoms with Gasteiger partial charge in [0.25, 0.3) is 0 Å². The maximum absolute atomic E-state index is 13.7. The highest BCUT2D eigenvalue weighted by atomic mass is 16.8. The van der Waals surface area contributed by atoms with Gasteiger partial charge in [0.2, 0.25) is 0 Å². The molecule has 30 nitrogen and oxygen atoms in total. The van der Waals surface area contributed by atoms with Crippen LogP contribution in [0.2, 0.25) is 0 Å². The van der Waals surface area contributed by atoms with Crippen LogP contribution in [0.1, 0.15) is 125 Å². The second-order valence-corrected chi connectivity index (χ2v) is 30.0. The molecule has 11 rings (SSSR count). The highest BCUT2D eigenvalue weighted by Gasteiger charge is 2.82. The third-order valence-electron chi connectivity index (χ3n) is 24.6. The van der Waals surface area contributed by atoms with Crippen molar-refractivity contribution in [3.05, 3.63) is 42.0 Å². The molecule has 0 spiro atoms. The highest BCUT2D eigenvalue weighted by molar-refractivity contribution is 5.87. The molecule has 0 unspecified atom stereocenters. The topological polar surface area (TPSA) is 417 Å². The number of hydrogen-bond donors (Lipinski definition) is 12. The quantitative estimate of drug-likeness (QED) is 0.0404. The van der Waals surface area contributed by atoms with E-state index in [1.54, 1.807) is 41.1 Å². The standard InChI is InChI=1S/C70H110O30/c1-32-57(40(84-8)26-48(88-32)92-39-20-21-66(6)38(25-39)19-22-69(82)45(66)29-46(95-47(74)18-17-37-15-13-12-14-16-37)67(7)68(81,36(5)73)23-24-70(67,69)83)96-49-27-41(85-9)58(33(2)89-49)97-50-28-42(86-10)59(34(3)90-50)98-65-56(80)62(87-11)60(35(4)91-65)99-64-55(79)53(77)61(44(31-72)94-64)100-63-54(78)52(76)51(75)43(30-71)93-63/h12-18,32-36,38-46,48-65,71-73,75-83H,19-31H2,1-11H3/t32-,33-,34-,35-,36+,38+,39+,40+,41+,42-,43-,44-,45-,46-,48+,49+,50+,51-,52+,53-,54-,55-,56-,57-,58-,59-,60-,61-,62-,63+,64+,65+,66+,67-,68-,69+,70-/m1/s1. The molecule has 6 aliphatic heterocycles. The van der Waals surface area contributed by atoms with E-state index in [1.807, 2.05) is 44.2 Å². The SMILES string of the molecule is CO[C@@H]1[C@@H](O)[C@H](O[C@@H]2[C@@H](C)O[C@@H](O[C@H]3[C@@H](OC)C[C@H](O[C@H]4[C@@H](OC)C[C@H](O[C@H]5CC[C@@]6(C)[C@@H](CC[C@]7(O)[C@@H]6C[C@@H](OC(=O)C=Cc6ccccc6)[C@@]6(C)[C@]7(O)CC[C@@]6(O)[C@H](C)O)C5)O[C@@H]4C)O[C@@H]3C)C[C@H]2OC)O[C@H](C)[C@H]1O[C@@H]1O[C@H](CO)[C@@H](O[C@@H]2O[C@H](CO)[C@@H](O)[C@H](O)[C@H]2O)[C@H](O)[C@H]1O. The van der Waals surface area contributed by atoms with Gasteiger partial charge in [-0.05, 0) is 115 Å². The summed E-state index contributed by atoms with van der Waals surface area (Å²) < 4.78 is 106. The zero-order valence-electron chi connectivity index (χ0n) is 58.9. The molecule has 10 fully saturated rings. The predicted octanol–water partition coefficient (Wildman–Crippen LogP) is -0.274. The summed E-state index contributed by atoms with van der Waals surface area (Å²) in [6.45, 7) is 10.9. The van der Waals surface area contributed by atoms with Crippen LogP contribution in [-0.4, -0.2) is 310 Å². The van der Waals surface area contributed by atoms with Crippen LogP contribution in [-0.2, 0) is 85.3 Å². The van der Waals surface area contributed by atoms with Gasteiger partial charge in [-0.2, -0.15) is 0 Å². The number of carbonyl (C=O) groups excluding carboxylic acids is 1. The molecule has 37 atom stereocenters. The summed E-state index contributed by atoms with van der Waals surface area (Å²) in [6.07, 6.45) is -26.6. The molecule has 12 N–H and O–H groups in total. The Morgan fingerprint density at radius 1 is 0.540 bits per heavy atom. The molecule has 1 aromatic carbocycles. The molecule has 6 heterocycles. The van der Waals surface area contributed by atoms with Crippen molar-refractivity contribution < 1.29 is 147 Å². The third-order valence-corrected chi connectivity index (χ3v) is 24.6. The monoisotopic (exact) mass is 1430 g/mol. The normalized spacial score (nSPS) is 51.0. The van der Waals surface area contributed by atoms with Gasteiger partial charge in [-0.1, -0.05) is 44.2 Å². The van der Waals surface area contributed by atoms with Gasteiger partial charge in [-0.3, -0.25) is 0 Å². The minimum Gasteiger partial charge on any atom is -0.458 e. The number of benzene rings is 1. The average Bonchev–Trinajstić information content (AvgIpc) is 1.40. The van der Waals surface area contributed by atoms with E-state index in [0.29, 0.717) is 32.1 Å². The van der Waals surface area contributed by atoms with Crippen LogP contribution in [0.5, 0.6) is 0 Å². The Labute approximate surface area is 583 Å². The summed E-state index contributed by atoms with van der Waals surface area (Å²) in [5, 5.41) is 135. The molecule has 10 aliphatic rings. The fourth-order valence-electron chi connectivity index (χ4n) is 18.8. The lowest BCUT2D eigenvalue weighted by Crippen LogP contribution is -2.79. The Bertz CT molecular complexity index is 2850. The molecule has 6 saturated heterocycles. The number of ether oxygens (including phenoxy) is 17. The first-order valence-electron chi connectivity index (χ1n) is 35.5. The second kappa shape index (κ2) is 31.6. The lowest BCUT2D eigenvalue weighted by atomic mass is 9.40. The second-order valence-electron chi connectivity index (χ2n) is 30.0. The van der Waals surface area contributed by atoms with Gasteiger partial charge in [-0.25, -0.2) is 4.79 Å². The third kappa shape index (κ3) is 14.4. The largest absolute Gasteiger partial charge is 0.458 e. The van der Waals surface area contributed by atoms with Crippen LogP contribution in [0.15, 0.2) is 36.4 Å². The fourth-order valence-corrected chi connectivity index (χ4v) is 18.8. The summed E-state index contributed by atoms with van der Waals surface area (Å²) in [7, 11) is 6.03. The van der Waals surface area contributed by atoms with Crippen LogP contribution in [0.3, 0.4) is 0 Å². The van der Waals surface area contributed by atoms with Gasteiger partial charge in [0.15, 0.2) is 37.7 Å². The van der Waals surface area contributed by atoms with E-state index in [0.717, 1.165) is 5.56 Å². The Hall–Kier alpha value is -2.69. The average molecular weight is 1430 g/mol. The molecule has 4 saturated carbocycles. The van der Waals surface area contributed by atoms with Crippen molar-refractivity contribution in [2.24, 2.45) is 22.7 Å². The number of esters is 1. The van der Waals surface area contributed by atoms with Crippen LogP contribution < -0.4 is 0 Å². The summed E-state index contributed by atoms with van der Waals surface area (Å²) >= 11 is 0. The van der Waals surface area contributed by atoms with Crippen LogP contribution in [0.25, 0.3) is 6.08 Å². The first kappa shape index (κ1) is 78.4. The Morgan fingerprint density at radius 3 is 1.60 bits per heavy atom. The van der Waals surface area contributed by atoms with Crippen LogP contribution >= 0.6 is 0 Å². The van der Waals surface area contributed by atoms with E-state index >= 15 is 0 Å². The number of methoxy groups -OCH3 is 4. The van der Waals surface area contributed by atoms with E-state index in [4.69, 9.17) is 80.5 Å². The van der Waals surface area contributed by atoms with Crippen molar-refractivity contribution in [1.29, 1.82) is 0 Å². The van der Waals surface area contributed by atoms with Gasteiger partial charge < -0.3 is 142 Å². The van der Waals surface area contributed by atoms with Crippen molar-refractivity contribution in [3.63, 3.8) is 0 Å². The smallest absolute Gasteiger partial charge is 0.331 e. The first-order valence-corrected chi connectivity index (χ1v) is 35.5. The molecule has 0 amide bonds. The first-order chi connectivity index (χ1) is 47.5. The molecule has 4 aliphatic carbocycles. The van der Waals surface area contributed by atoms with Crippen molar-refractivity contribution >= 4 is 12.0 Å². The van der Waals surface area contributed by atoms with E-state index in [2.05, 4.69) is 6.92 Å². The molecule has 1 aromatic rings. The van der Waals surface area contributed by atoms with Gasteiger partial charge in [-0.15, -0.1) is 0 Å². The van der Waals surface area contributed by atoms with Crippen LogP contribution in [0, 0.1) is 22.7 Å². The number of fused-ring (bicyclic) bond motifs is 5. The Kier molecular flexibility index (Phi) is 24.8. The zero-order valence-corrected chi connectivity index (χ0v) is 58.9. The summed E-state index contributed by atoms with van der Waals surface area (Å²) in [5.74, 6) is -1.13. The fraction of sp³-hybridized carbons (Fsp3) is 0.871. The number of carbonyl (C=O) groups is 1. The van der Waals surface area contributed by atoms with Crippen molar-refractivity contribution in [1.82, 2.24) is 0 Å². The maximum atomic E-state index is 13.7. The van der Waals surface area contributed by atoms with Gasteiger partial charge in [0.1, 0.15) is 103 Å². The Balaban J connectivity index is 0.659. The lowest BCUT2D eigenvalue weighted by Gasteiger charge is -2.69. The molecular formula is C70H110O30. The van der Waals surface area contributed by atoms with E-state index in [-0.39, 0.29) is 50.5 Å². The summed E-state index contributed by atoms with van der Waals surface area (Å²) in [5.41, 5.74) is -6.78. The molecule has 30 heteroatoms. The van der Waals surface area contributed by atoms with Gasteiger partial charge >= 0.3 is 5.97 Å². The van der Waals surface area contributed by atoms with Crippen molar-refractivity contribution in [2.45, 2.75) is 320 Å². The van der Waals surface area contributed by atoms with Gasteiger partial charge in [0.05, 0.1) is 79.2 Å². The number of hydrogen-bond acceptors (Lipinski definition) is 30. The predicted molar refractivity (Wildman–Crippen MR) is 343 cm³/mol. The van der Waals surface area contributed by atoms with Crippen LogP contribution in [0.4, 0.5) is 0 Å². The van der Waals surface area contributed by atoms with E-state index in [1.165, 1.54) is 27.2 Å². The van der Waals surface area contributed by atoms with E-state index < -0.39 is 231 Å². The molecule has 0 radical (unpaired) electrons. The zero-order chi connectivity index (χ0) is 72.3. The summed E-state index contributed by atoms with van der Waals surface area (Å²) in [4.78, 5) is 13.7. The molecule has 100 heavy (non-hydrogen) atoms. The number of aliphatic hydroxyl groups excluding tert-OH is 9. The number of rotatable bonds is 22. The molecular weight excluding hydrogens is 1320 g/mol.